The maximum Gasteiger partial charge on any atom is 0.211 e. The van der Waals surface area contributed by atoms with E-state index in [0.29, 0.717) is 13.0 Å². The Morgan fingerprint density at radius 3 is 2.27 bits per heavy atom. The van der Waals surface area contributed by atoms with Gasteiger partial charge >= 0.3 is 0 Å². The zero-order chi connectivity index (χ0) is 11.4. The maximum atomic E-state index is 11.5. The zero-order valence-electron chi connectivity index (χ0n) is 9.88. The molecule has 1 fully saturated rings. The summed E-state index contributed by atoms with van der Waals surface area (Å²) < 4.78 is 25.8. The third-order valence-electron chi connectivity index (χ3n) is 3.55. The third-order valence-corrected chi connectivity index (χ3v) is 5.08. The zero-order valence-corrected chi connectivity index (χ0v) is 10.7. The molecule has 15 heavy (non-hydrogen) atoms. The molecule has 0 heterocycles. The molecule has 0 aromatic heterocycles. The van der Waals surface area contributed by atoms with Crippen molar-refractivity contribution in [2.24, 2.45) is 5.41 Å². The van der Waals surface area contributed by atoms with Crippen LogP contribution < -0.4 is 4.72 Å². The molecule has 0 aromatic carbocycles. The maximum absolute atomic E-state index is 11.5. The molecule has 0 atom stereocenters. The van der Waals surface area contributed by atoms with Crippen LogP contribution in [-0.4, -0.2) is 20.7 Å². The van der Waals surface area contributed by atoms with Crippen molar-refractivity contribution in [2.75, 3.05) is 12.3 Å². The van der Waals surface area contributed by atoms with Crippen molar-refractivity contribution >= 4 is 10.0 Å². The van der Waals surface area contributed by atoms with Crippen molar-refractivity contribution in [1.29, 1.82) is 0 Å². The summed E-state index contributed by atoms with van der Waals surface area (Å²) in [5.41, 5.74) is 0.251. The van der Waals surface area contributed by atoms with Gasteiger partial charge in [-0.1, -0.05) is 26.7 Å². The molecule has 0 aliphatic heterocycles. The molecule has 1 N–H and O–H groups in total. The van der Waals surface area contributed by atoms with E-state index in [1.54, 1.807) is 0 Å². The molecule has 0 radical (unpaired) electrons. The Morgan fingerprint density at radius 2 is 1.80 bits per heavy atom. The molecule has 1 aliphatic rings. The normalized spacial score (nSPS) is 20.7. The van der Waals surface area contributed by atoms with Crippen molar-refractivity contribution in [3.8, 4) is 0 Å². The first-order valence-electron chi connectivity index (χ1n) is 6.01. The van der Waals surface area contributed by atoms with Crippen molar-refractivity contribution in [3.63, 3.8) is 0 Å². The van der Waals surface area contributed by atoms with E-state index in [9.17, 15) is 8.42 Å². The molecule has 90 valence electrons. The largest absolute Gasteiger partial charge is 0.215 e. The van der Waals surface area contributed by atoms with E-state index in [2.05, 4.69) is 11.6 Å². The Balaban J connectivity index is 2.47. The predicted octanol–water partition coefficient (Wildman–Crippen LogP) is 2.29. The van der Waals surface area contributed by atoms with E-state index >= 15 is 0 Å². The molecule has 0 bridgehead atoms. The van der Waals surface area contributed by atoms with Crippen LogP contribution in [0.4, 0.5) is 0 Å². The second-order valence-corrected chi connectivity index (χ2v) is 6.63. The number of hydrogen-bond donors (Lipinski definition) is 1. The monoisotopic (exact) mass is 233 g/mol. The van der Waals surface area contributed by atoms with Crippen LogP contribution in [0.2, 0.25) is 0 Å². The first kappa shape index (κ1) is 13.0. The van der Waals surface area contributed by atoms with Gasteiger partial charge < -0.3 is 0 Å². The van der Waals surface area contributed by atoms with Crippen LogP contribution in [0.25, 0.3) is 0 Å². The first-order valence-corrected chi connectivity index (χ1v) is 7.66. The average Bonchev–Trinajstić information content (AvgIpc) is 2.64. The average molecular weight is 233 g/mol. The van der Waals surface area contributed by atoms with Gasteiger partial charge in [-0.2, -0.15) is 0 Å². The fourth-order valence-corrected chi connectivity index (χ4v) is 3.59. The summed E-state index contributed by atoms with van der Waals surface area (Å²) >= 11 is 0. The number of nitrogens with one attached hydrogen (secondary N) is 1. The van der Waals surface area contributed by atoms with E-state index in [-0.39, 0.29) is 11.2 Å². The highest BCUT2D eigenvalue weighted by Crippen LogP contribution is 2.40. The molecular formula is C11H23NO2S. The number of hydrogen-bond acceptors (Lipinski definition) is 2. The molecule has 4 heteroatoms. The molecular weight excluding hydrogens is 210 g/mol. The van der Waals surface area contributed by atoms with Gasteiger partial charge in [0.25, 0.3) is 0 Å². The lowest BCUT2D eigenvalue weighted by Crippen LogP contribution is -2.36. The van der Waals surface area contributed by atoms with Gasteiger partial charge in [0.2, 0.25) is 10.0 Å². The van der Waals surface area contributed by atoms with Crippen molar-refractivity contribution in [1.82, 2.24) is 4.72 Å². The van der Waals surface area contributed by atoms with Crippen LogP contribution >= 0.6 is 0 Å². The summed E-state index contributed by atoms with van der Waals surface area (Å²) in [5, 5.41) is 0. The fraction of sp³-hybridized carbons (Fsp3) is 1.00. The Labute approximate surface area is 93.7 Å². The van der Waals surface area contributed by atoms with Gasteiger partial charge in [-0.05, 0) is 31.1 Å². The predicted molar refractivity (Wildman–Crippen MR) is 63.3 cm³/mol. The molecule has 0 unspecified atom stereocenters. The molecule has 0 spiro atoms. The topological polar surface area (TPSA) is 46.2 Å². The van der Waals surface area contributed by atoms with Crippen LogP contribution in [0.3, 0.4) is 0 Å². The lowest BCUT2D eigenvalue weighted by Gasteiger charge is -2.27. The van der Waals surface area contributed by atoms with Crippen molar-refractivity contribution in [2.45, 2.75) is 52.4 Å². The van der Waals surface area contributed by atoms with Gasteiger partial charge in [-0.15, -0.1) is 0 Å². The molecule has 1 rings (SSSR count). The molecule has 1 aliphatic carbocycles. The highest BCUT2D eigenvalue weighted by atomic mass is 32.2. The van der Waals surface area contributed by atoms with Crippen LogP contribution in [-0.2, 0) is 10.0 Å². The van der Waals surface area contributed by atoms with Crippen molar-refractivity contribution in [3.05, 3.63) is 0 Å². The van der Waals surface area contributed by atoms with Gasteiger partial charge in [0.05, 0.1) is 5.75 Å². The molecule has 0 saturated heterocycles. The minimum atomic E-state index is -3.02. The number of rotatable bonds is 6. The van der Waals surface area contributed by atoms with Crippen LogP contribution in [0.1, 0.15) is 52.4 Å². The Kier molecular flexibility index (Phi) is 4.59. The summed E-state index contributed by atoms with van der Waals surface area (Å²) in [5.74, 6) is 0.257. The van der Waals surface area contributed by atoms with Crippen LogP contribution in [0, 0.1) is 5.41 Å². The second-order valence-electron chi connectivity index (χ2n) is 4.70. The van der Waals surface area contributed by atoms with Crippen molar-refractivity contribution < 1.29 is 8.42 Å². The fourth-order valence-electron chi connectivity index (χ4n) is 2.38. The van der Waals surface area contributed by atoms with Gasteiger partial charge in [-0.3, -0.25) is 0 Å². The van der Waals surface area contributed by atoms with Gasteiger partial charge in [0, 0.05) is 6.54 Å². The van der Waals surface area contributed by atoms with E-state index in [0.717, 1.165) is 6.42 Å². The lowest BCUT2D eigenvalue weighted by molar-refractivity contribution is 0.285. The molecule has 1 saturated carbocycles. The lowest BCUT2D eigenvalue weighted by atomic mass is 9.84. The molecule has 3 nitrogen and oxygen atoms in total. The summed E-state index contributed by atoms with van der Waals surface area (Å²) in [6.45, 7) is 4.70. The third kappa shape index (κ3) is 3.76. The highest BCUT2D eigenvalue weighted by molar-refractivity contribution is 7.89. The Morgan fingerprint density at radius 1 is 1.20 bits per heavy atom. The second kappa shape index (κ2) is 5.30. The minimum Gasteiger partial charge on any atom is -0.215 e. The van der Waals surface area contributed by atoms with E-state index in [1.165, 1.54) is 25.7 Å². The van der Waals surface area contributed by atoms with Crippen LogP contribution in [0.15, 0.2) is 0 Å². The molecule has 0 amide bonds. The smallest absolute Gasteiger partial charge is 0.211 e. The quantitative estimate of drug-likeness (QED) is 0.765. The van der Waals surface area contributed by atoms with E-state index in [1.807, 2.05) is 6.92 Å². The Bertz CT molecular complexity index is 279. The summed E-state index contributed by atoms with van der Waals surface area (Å²) in [6.07, 6.45) is 6.64. The Hall–Kier alpha value is -0.0900. The van der Waals surface area contributed by atoms with Crippen LogP contribution in [0.5, 0.6) is 0 Å². The SMILES string of the molecule is CCCS(=O)(=O)NCC1(CC)CCCC1. The summed E-state index contributed by atoms with van der Waals surface area (Å²) in [6, 6.07) is 0. The minimum absolute atomic E-state index is 0.251. The van der Waals surface area contributed by atoms with Gasteiger partial charge in [0.15, 0.2) is 0 Å². The van der Waals surface area contributed by atoms with Gasteiger partial charge in [-0.25, -0.2) is 13.1 Å². The summed E-state index contributed by atoms with van der Waals surface area (Å²) in [4.78, 5) is 0. The summed E-state index contributed by atoms with van der Waals surface area (Å²) in [7, 11) is -3.02. The first-order chi connectivity index (χ1) is 7.04. The van der Waals surface area contributed by atoms with E-state index in [4.69, 9.17) is 0 Å². The van der Waals surface area contributed by atoms with Gasteiger partial charge in [0.1, 0.15) is 0 Å². The standard InChI is InChI=1S/C11H23NO2S/c1-3-9-15(13,14)12-10-11(4-2)7-5-6-8-11/h12H,3-10H2,1-2H3. The number of sulfonamides is 1. The van der Waals surface area contributed by atoms with E-state index < -0.39 is 10.0 Å². The molecule has 0 aromatic rings. The highest BCUT2D eigenvalue weighted by Gasteiger charge is 2.32.